The average molecular weight is 443 g/mol. The summed E-state index contributed by atoms with van der Waals surface area (Å²) in [6.45, 7) is 4.31. The Morgan fingerprint density at radius 3 is 2.44 bits per heavy atom. The van der Waals surface area contributed by atoms with Crippen molar-refractivity contribution in [2.45, 2.75) is 20.4 Å². The van der Waals surface area contributed by atoms with Crippen LogP contribution >= 0.6 is 0 Å². The van der Waals surface area contributed by atoms with E-state index >= 15 is 0 Å². The molecule has 4 amide bonds. The van der Waals surface area contributed by atoms with Gasteiger partial charge in [0.1, 0.15) is 11.5 Å². The van der Waals surface area contributed by atoms with E-state index in [4.69, 9.17) is 9.15 Å². The number of nitrogens with one attached hydrogen (secondary N) is 4. The summed E-state index contributed by atoms with van der Waals surface area (Å²) in [7, 11) is 1.47. The highest BCUT2D eigenvalue weighted by Crippen LogP contribution is 2.14. The molecule has 0 atom stereocenters. The van der Waals surface area contributed by atoms with Gasteiger partial charge in [-0.1, -0.05) is 6.07 Å². The highest BCUT2D eigenvalue weighted by Gasteiger charge is 2.15. The van der Waals surface area contributed by atoms with E-state index < -0.39 is 23.6 Å². The highest BCUT2D eigenvalue weighted by molar-refractivity contribution is 6.39. The van der Waals surface area contributed by atoms with Gasteiger partial charge in [0.2, 0.25) is 0 Å². The Morgan fingerprint density at radius 1 is 0.969 bits per heavy atom. The fourth-order valence-corrected chi connectivity index (χ4v) is 2.37. The number of hydrazone groups is 1. The first-order valence-electron chi connectivity index (χ1n) is 9.65. The van der Waals surface area contributed by atoms with Gasteiger partial charge in [0.05, 0.1) is 19.4 Å². The number of ether oxygens (including phenoxy) is 1. The highest BCUT2D eigenvalue weighted by atomic mass is 16.5. The summed E-state index contributed by atoms with van der Waals surface area (Å²) in [4.78, 5) is 47.0. The zero-order chi connectivity index (χ0) is 23.5. The van der Waals surface area contributed by atoms with E-state index in [0.29, 0.717) is 11.4 Å². The number of aryl methyl sites for hydroxylation is 2. The molecule has 1 aromatic heterocycles. The lowest BCUT2D eigenvalue weighted by Gasteiger charge is -2.07. The predicted octanol–water partition coefficient (Wildman–Crippen LogP) is 0.364. The van der Waals surface area contributed by atoms with E-state index in [1.165, 1.54) is 13.3 Å². The lowest BCUT2D eigenvalue weighted by molar-refractivity contribution is -0.139. The van der Waals surface area contributed by atoms with E-state index in [1.54, 1.807) is 24.3 Å². The molecule has 0 aliphatic carbocycles. The van der Waals surface area contributed by atoms with E-state index in [2.05, 4.69) is 26.5 Å². The zero-order valence-corrected chi connectivity index (χ0v) is 18.0. The number of hydrogen-bond acceptors (Lipinski definition) is 7. The number of benzene rings is 1. The van der Waals surface area contributed by atoms with E-state index in [0.717, 1.165) is 11.1 Å². The van der Waals surface area contributed by atoms with Crippen LogP contribution in [0.2, 0.25) is 0 Å². The Bertz CT molecular complexity index is 1010. The number of hydrogen-bond donors (Lipinski definition) is 4. The number of nitrogens with zero attached hydrogens (tertiary/aromatic N) is 1. The third-order valence-corrected chi connectivity index (χ3v) is 4.23. The second kappa shape index (κ2) is 12.0. The van der Waals surface area contributed by atoms with Crippen LogP contribution in [-0.2, 0) is 30.5 Å². The van der Waals surface area contributed by atoms with Crippen LogP contribution < -0.4 is 21.4 Å². The number of rotatable bonds is 8. The Morgan fingerprint density at radius 2 is 1.72 bits per heavy atom. The van der Waals surface area contributed by atoms with Crippen LogP contribution in [0.25, 0.3) is 0 Å². The molecule has 4 N–H and O–H groups in total. The fourth-order valence-electron chi connectivity index (χ4n) is 2.37. The van der Waals surface area contributed by atoms with Gasteiger partial charge in [-0.25, -0.2) is 5.43 Å². The summed E-state index contributed by atoms with van der Waals surface area (Å²) in [5.74, 6) is -2.77. The molecule has 0 unspecified atom stereocenters. The van der Waals surface area contributed by atoms with Crippen LogP contribution in [0.3, 0.4) is 0 Å². The van der Waals surface area contributed by atoms with Crippen molar-refractivity contribution in [2.24, 2.45) is 5.10 Å². The minimum atomic E-state index is -0.939. The van der Waals surface area contributed by atoms with Gasteiger partial charge >= 0.3 is 23.6 Å². The van der Waals surface area contributed by atoms with Gasteiger partial charge in [-0.2, -0.15) is 5.10 Å². The van der Waals surface area contributed by atoms with Crippen molar-refractivity contribution >= 4 is 35.5 Å². The standard InChI is InChI=1S/C21H25N5O6/c1-13-4-5-15(10-14(13)2)25-20(29)18(27)23-11-16-6-7-17(32-16)12-24-26-21(30)19(28)22-8-9-31-3/h4-7,10,12H,8-9,11H2,1-3H3,(H,22,28)(H,23,27)(H,25,29)(H,26,30)/b24-12-. The Labute approximate surface area is 184 Å². The summed E-state index contributed by atoms with van der Waals surface area (Å²) in [6.07, 6.45) is 1.19. The minimum absolute atomic E-state index is 0.0265. The number of methoxy groups -OCH3 is 1. The second-order valence-corrected chi connectivity index (χ2v) is 6.69. The molecule has 0 saturated heterocycles. The molecule has 2 aromatic rings. The van der Waals surface area contributed by atoms with Crippen LogP contribution in [-0.4, -0.2) is 50.1 Å². The van der Waals surface area contributed by atoms with Crippen molar-refractivity contribution in [1.82, 2.24) is 16.1 Å². The number of amides is 4. The predicted molar refractivity (Wildman–Crippen MR) is 116 cm³/mol. The number of carbonyl (C=O) groups is 4. The van der Waals surface area contributed by atoms with Crippen molar-refractivity contribution in [3.05, 3.63) is 53.0 Å². The summed E-state index contributed by atoms with van der Waals surface area (Å²) in [5, 5.41) is 11.0. The molecule has 0 aliphatic heterocycles. The monoisotopic (exact) mass is 443 g/mol. The largest absolute Gasteiger partial charge is 0.458 e. The number of anilines is 1. The molecule has 1 aromatic carbocycles. The lowest BCUT2D eigenvalue weighted by atomic mass is 10.1. The van der Waals surface area contributed by atoms with Crippen molar-refractivity contribution in [3.8, 4) is 0 Å². The second-order valence-electron chi connectivity index (χ2n) is 6.69. The Hall–Kier alpha value is -3.99. The smallest absolute Gasteiger partial charge is 0.329 e. The lowest BCUT2D eigenvalue weighted by Crippen LogP contribution is -2.39. The van der Waals surface area contributed by atoms with Gasteiger partial charge in [-0.15, -0.1) is 0 Å². The molecule has 0 bridgehead atoms. The first-order chi connectivity index (χ1) is 15.3. The molecule has 11 nitrogen and oxygen atoms in total. The van der Waals surface area contributed by atoms with Crippen LogP contribution in [0.4, 0.5) is 5.69 Å². The van der Waals surface area contributed by atoms with Gasteiger partial charge in [0.15, 0.2) is 0 Å². The van der Waals surface area contributed by atoms with Crippen LogP contribution in [0.5, 0.6) is 0 Å². The van der Waals surface area contributed by atoms with Crippen molar-refractivity contribution < 1.29 is 28.3 Å². The number of furan rings is 1. The molecule has 11 heteroatoms. The maximum atomic E-state index is 12.0. The molecular weight excluding hydrogens is 418 g/mol. The molecule has 0 radical (unpaired) electrons. The molecule has 0 spiro atoms. The summed E-state index contributed by atoms with van der Waals surface area (Å²) >= 11 is 0. The first kappa shape index (κ1) is 24.3. The van der Waals surface area contributed by atoms with Crippen molar-refractivity contribution in [3.63, 3.8) is 0 Å². The minimum Gasteiger partial charge on any atom is -0.458 e. The molecule has 1 heterocycles. The Kier molecular flexibility index (Phi) is 9.11. The van der Waals surface area contributed by atoms with Gasteiger partial charge in [-0.3, -0.25) is 19.2 Å². The van der Waals surface area contributed by atoms with Gasteiger partial charge < -0.3 is 25.1 Å². The quantitative estimate of drug-likeness (QED) is 0.200. The molecule has 0 aliphatic rings. The van der Waals surface area contributed by atoms with Crippen LogP contribution in [0, 0.1) is 13.8 Å². The van der Waals surface area contributed by atoms with Crippen molar-refractivity contribution in [2.75, 3.05) is 25.6 Å². The van der Waals surface area contributed by atoms with E-state index in [9.17, 15) is 19.2 Å². The Balaban J connectivity index is 1.77. The van der Waals surface area contributed by atoms with Gasteiger partial charge in [0.25, 0.3) is 0 Å². The summed E-state index contributed by atoms with van der Waals surface area (Å²) in [6, 6.07) is 8.46. The molecule has 32 heavy (non-hydrogen) atoms. The maximum Gasteiger partial charge on any atom is 0.329 e. The van der Waals surface area contributed by atoms with Crippen LogP contribution in [0.1, 0.15) is 22.6 Å². The van der Waals surface area contributed by atoms with E-state index in [-0.39, 0.29) is 25.5 Å². The van der Waals surface area contributed by atoms with Gasteiger partial charge in [0, 0.05) is 19.3 Å². The SMILES string of the molecule is COCCNC(=O)C(=O)N/N=C\c1ccc(CNC(=O)C(=O)Nc2ccc(C)c(C)c2)o1. The maximum absolute atomic E-state index is 12.0. The molecule has 2 rings (SSSR count). The topological polar surface area (TPSA) is 151 Å². The average Bonchev–Trinajstić information content (AvgIpc) is 3.22. The summed E-state index contributed by atoms with van der Waals surface area (Å²) < 4.78 is 10.2. The normalized spacial score (nSPS) is 10.6. The molecular formula is C21H25N5O6. The van der Waals surface area contributed by atoms with Gasteiger partial charge in [-0.05, 0) is 49.2 Å². The zero-order valence-electron chi connectivity index (χ0n) is 18.0. The van der Waals surface area contributed by atoms with Crippen molar-refractivity contribution in [1.29, 1.82) is 0 Å². The fraction of sp³-hybridized carbons (Fsp3) is 0.286. The molecule has 0 fully saturated rings. The molecule has 0 saturated carbocycles. The van der Waals surface area contributed by atoms with E-state index in [1.807, 2.05) is 19.9 Å². The third kappa shape index (κ3) is 7.69. The first-order valence-corrected chi connectivity index (χ1v) is 9.65. The van der Waals surface area contributed by atoms with Crippen LogP contribution in [0.15, 0.2) is 39.9 Å². The third-order valence-electron chi connectivity index (χ3n) is 4.23. The number of carbonyl (C=O) groups excluding carboxylic acids is 4. The summed E-state index contributed by atoms with van der Waals surface area (Å²) in [5.41, 5.74) is 4.66. The molecule has 170 valence electrons.